The Morgan fingerprint density at radius 2 is 1.88 bits per heavy atom. The van der Waals surface area contributed by atoms with E-state index in [0.29, 0.717) is 11.4 Å². The van der Waals surface area contributed by atoms with Crippen LogP contribution in [0, 0.1) is 0 Å². The highest BCUT2D eigenvalue weighted by molar-refractivity contribution is 6.50. The fraction of sp³-hybridized carbons (Fsp3) is 0.231. The van der Waals surface area contributed by atoms with Gasteiger partial charge < -0.3 is 10.0 Å². The van der Waals surface area contributed by atoms with Crippen LogP contribution in [0.5, 0.6) is 0 Å². The summed E-state index contributed by atoms with van der Waals surface area (Å²) in [6.45, 7) is 3.78. The summed E-state index contributed by atoms with van der Waals surface area (Å²) in [5, 5.41) is 17.7. The third kappa shape index (κ3) is 4.05. The summed E-state index contributed by atoms with van der Waals surface area (Å²) in [5.41, 5.74) is 1.78. The molecule has 0 aliphatic rings. The first-order chi connectivity index (χ1) is 7.61. The van der Waals surface area contributed by atoms with Crippen molar-refractivity contribution in [1.29, 1.82) is 0 Å². The van der Waals surface area contributed by atoms with Gasteiger partial charge in [0, 0.05) is 0 Å². The molecule has 1 unspecified atom stereocenters. The maximum atomic E-state index is 8.86. The minimum atomic E-state index is -1.36. The van der Waals surface area contributed by atoms with Gasteiger partial charge in [-0.05, 0) is 23.9 Å². The van der Waals surface area contributed by atoms with Gasteiger partial charge in [-0.25, -0.2) is 0 Å². The Morgan fingerprint density at radius 3 is 2.44 bits per heavy atom. The molecule has 1 rings (SSSR count). The molecule has 2 nitrogen and oxygen atoms in total. The van der Waals surface area contributed by atoms with Crippen LogP contribution in [-0.2, 0) is 0 Å². The van der Waals surface area contributed by atoms with Crippen LogP contribution in [-0.4, -0.2) is 17.2 Å². The molecule has 0 bridgehead atoms. The Balaban J connectivity index is 2.62. The van der Waals surface area contributed by atoms with Gasteiger partial charge in [0.15, 0.2) is 0 Å². The Hall–Kier alpha value is -1.32. The lowest BCUT2D eigenvalue weighted by Crippen LogP contribution is -2.12. The highest BCUT2D eigenvalue weighted by Gasteiger charge is 2.07. The van der Waals surface area contributed by atoms with Crippen molar-refractivity contribution < 1.29 is 10.0 Å². The molecule has 1 aromatic rings. The summed E-state index contributed by atoms with van der Waals surface area (Å²) in [5.74, 6) is 0.320. The van der Waals surface area contributed by atoms with Gasteiger partial charge in [0.05, 0.1) is 0 Å². The van der Waals surface area contributed by atoms with Crippen molar-refractivity contribution in [3.8, 4) is 0 Å². The zero-order valence-electron chi connectivity index (χ0n) is 9.67. The lowest BCUT2D eigenvalue weighted by molar-refractivity contribution is 0.419. The van der Waals surface area contributed by atoms with Gasteiger partial charge >= 0.3 is 7.12 Å². The van der Waals surface area contributed by atoms with E-state index in [4.69, 9.17) is 10.0 Å². The Morgan fingerprint density at radius 1 is 1.25 bits per heavy atom. The van der Waals surface area contributed by atoms with Crippen molar-refractivity contribution in [2.24, 2.45) is 0 Å². The number of allylic oxidation sites excluding steroid dienone is 4. The summed E-state index contributed by atoms with van der Waals surface area (Å²) < 4.78 is 0. The maximum absolute atomic E-state index is 8.86. The molecule has 3 heteroatoms. The van der Waals surface area contributed by atoms with Crippen LogP contribution in [0.25, 0.3) is 0 Å². The van der Waals surface area contributed by atoms with Crippen molar-refractivity contribution in [1.82, 2.24) is 0 Å². The summed E-state index contributed by atoms with van der Waals surface area (Å²) >= 11 is 0. The minimum absolute atomic E-state index is 0.320. The van der Waals surface area contributed by atoms with Gasteiger partial charge in [-0.2, -0.15) is 0 Å². The van der Waals surface area contributed by atoms with Gasteiger partial charge in [-0.3, -0.25) is 0 Å². The SMILES string of the molecule is C/C(=C\C=C/C(C)c1ccccc1)B(O)O. The largest absolute Gasteiger partial charge is 0.483 e. The van der Waals surface area contributed by atoms with Crippen molar-refractivity contribution in [2.45, 2.75) is 19.8 Å². The second-order valence-corrected chi connectivity index (χ2v) is 3.87. The number of hydrogen-bond acceptors (Lipinski definition) is 2. The van der Waals surface area contributed by atoms with Crippen molar-refractivity contribution >= 4 is 7.12 Å². The molecule has 0 heterocycles. The fourth-order valence-corrected chi connectivity index (χ4v) is 1.33. The number of benzene rings is 1. The van der Waals surface area contributed by atoms with Crippen LogP contribution >= 0.6 is 0 Å². The van der Waals surface area contributed by atoms with E-state index in [1.807, 2.05) is 30.4 Å². The Labute approximate surface area is 97.1 Å². The molecule has 0 aromatic heterocycles. The number of hydrogen-bond donors (Lipinski definition) is 2. The van der Waals surface area contributed by atoms with Crippen LogP contribution in [0.15, 0.2) is 54.0 Å². The van der Waals surface area contributed by atoms with Crippen molar-refractivity contribution in [2.75, 3.05) is 0 Å². The Kier molecular flexibility index (Phi) is 5.03. The van der Waals surface area contributed by atoms with E-state index >= 15 is 0 Å². The second kappa shape index (κ2) is 6.31. The summed E-state index contributed by atoms with van der Waals surface area (Å²) in [4.78, 5) is 0. The van der Waals surface area contributed by atoms with Crippen LogP contribution in [0.3, 0.4) is 0 Å². The van der Waals surface area contributed by atoms with E-state index < -0.39 is 7.12 Å². The monoisotopic (exact) mass is 216 g/mol. The first-order valence-corrected chi connectivity index (χ1v) is 5.37. The molecule has 0 aliphatic carbocycles. The predicted molar refractivity (Wildman–Crippen MR) is 67.9 cm³/mol. The minimum Gasteiger partial charge on any atom is -0.423 e. The summed E-state index contributed by atoms with van der Waals surface area (Å²) in [6.07, 6.45) is 5.60. The van der Waals surface area contributed by atoms with Crippen LogP contribution < -0.4 is 0 Å². The average molecular weight is 216 g/mol. The molecule has 1 atom stereocenters. The van der Waals surface area contributed by atoms with Crippen molar-refractivity contribution in [3.05, 3.63) is 59.6 Å². The molecular weight excluding hydrogens is 199 g/mol. The predicted octanol–water partition coefficient (Wildman–Crippen LogP) is 2.30. The van der Waals surface area contributed by atoms with Gasteiger partial charge in [0.2, 0.25) is 0 Å². The molecule has 2 N–H and O–H groups in total. The second-order valence-electron chi connectivity index (χ2n) is 3.87. The normalized spacial score (nSPS) is 14.1. The molecule has 84 valence electrons. The first kappa shape index (κ1) is 12.8. The zero-order chi connectivity index (χ0) is 12.0. The first-order valence-electron chi connectivity index (χ1n) is 5.37. The third-order valence-corrected chi connectivity index (χ3v) is 2.49. The van der Waals surface area contributed by atoms with E-state index in [0.717, 1.165) is 0 Å². The topological polar surface area (TPSA) is 40.5 Å². The van der Waals surface area contributed by atoms with Gasteiger partial charge in [-0.1, -0.05) is 55.5 Å². The standard InChI is InChI=1S/C13H17BO2/c1-11(13-9-4-3-5-10-13)7-6-8-12(2)14(15)16/h3-11,15-16H,1-2H3/b7-6-,12-8+. The van der Waals surface area contributed by atoms with Crippen LogP contribution in [0.1, 0.15) is 25.3 Å². The molecule has 0 spiro atoms. The highest BCUT2D eigenvalue weighted by Crippen LogP contribution is 2.15. The lowest BCUT2D eigenvalue weighted by Gasteiger charge is -2.05. The van der Waals surface area contributed by atoms with Crippen LogP contribution in [0.4, 0.5) is 0 Å². The van der Waals surface area contributed by atoms with Crippen LogP contribution in [0.2, 0.25) is 0 Å². The maximum Gasteiger partial charge on any atom is 0.483 e. The molecule has 0 saturated carbocycles. The third-order valence-electron chi connectivity index (χ3n) is 2.49. The number of rotatable bonds is 4. The molecule has 0 aliphatic heterocycles. The quantitative estimate of drug-likeness (QED) is 0.598. The molecule has 1 aromatic carbocycles. The average Bonchev–Trinajstić information content (AvgIpc) is 2.29. The van der Waals surface area contributed by atoms with Gasteiger partial charge in [0.25, 0.3) is 0 Å². The molecule has 0 saturated heterocycles. The zero-order valence-corrected chi connectivity index (χ0v) is 9.67. The lowest BCUT2D eigenvalue weighted by atomic mass is 9.80. The highest BCUT2D eigenvalue weighted by atomic mass is 16.4. The molecule has 16 heavy (non-hydrogen) atoms. The summed E-state index contributed by atoms with van der Waals surface area (Å²) in [6, 6.07) is 10.2. The van der Waals surface area contributed by atoms with E-state index in [2.05, 4.69) is 19.1 Å². The van der Waals surface area contributed by atoms with Gasteiger partial charge in [0.1, 0.15) is 0 Å². The molecule has 0 amide bonds. The van der Waals surface area contributed by atoms with E-state index in [1.54, 1.807) is 13.0 Å². The fourth-order valence-electron chi connectivity index (χ4n) is 1.33. The van der Waals surface area contributed by atoms with E-state index in [-0.39, 0.29) is 0 Å². The van der Waals surface area contributed by atoms with Gasteiger partial charge in [-0.15, -0.1) is 0 Å². The molecular formula is C13H17BO2. The summed E-state index contributed by atoms with van der Waals surface area (Å²) in [7, 11) is -1.36. The smallest absolute Gasteiger partial charge is 0.423 e. The Bertz CT molecular complexity index is 369. The van der Waals surface area contributed by atoms with E-state index in [9.17, 15) is 0 Å². The van der Waals surface area contributed by atoms with Crippen molar-refractivity contribution in [3.63, 3.8) is 0 Å². The van der Waals surface area contributed by atoms with E-state index in [1.165, 1.54) is 5.56 Å². The molecule has 0 radical (unpaired) electrons. The molecule has 0 fully saturated rings.